The SMILES string of the molecule is CCc1ccc(OC)c(C2CNNC2)c1. The first kappa shape index (κ1) is 10.5. The third-order valence-corrected chi connectivity index (χ3v) is 2.96. The van der Waals surface area contributed by atoms with Crippen LogP contribution in [-0.2, 0) is 6.42 Å². The van der Waals surface area contributed by atoms with E-state index in [0.29, 0.717) is 5.92 Å². The molecular formula is C12H18N2O. The number of methoxy groups -OCH3 is 1. The van der Waals surface area contributed by atoms with Gasteiger partial charge in [0.25, 0.3) is 0 Å². The number of hydrogen-bond donors (Lipinski definition) is 2. The van der Waals surface area contributed by atoms with Gasteiger partial charge in [-0.15, -0.1) is 0 Å². The Morgan fingerprint density at radius 3 is 2.67 bits per heavy atom. The van der Waals surface area contributed by atoms with Crippen molar-refractivity contribution in [1.29, 1.82) is 0 Å². The lowest BCUT2D eigenvalue weighted by Gasteiger charge is -2.14. The molecule has 82 valence electrons. The van der Waals surface area contributed by atoms with Gasteiger partial charge < -0.3 is 4.74 Å². The van der Waals surface area contributed by atoms with E-state index in [1.165, 1.54) is 11.1 Å². The van der Waals surface area contributed by atoms with Gasteiger partial charge in [0.2, 0.25) is 0 Å². The van der Waals surface area contributed by atoms with Crippen LogP contribution in [0, 0.1) is 0 Å². The number of hydrazine groups is 1. The molecule has 0 amide bonds. The predicted molar refractivity (Wildman–Crippen MR) is 61.1 cm³/mol. The molecule has 1 fully saturated rings. The summed E-state index contributed by atoms with van der Waals surface area (Å²) in [5, 5.41) is 0. The van der Waals surface area contributed by atoms with E-state index in [1.807, 2.05) is 0 Å². The van der Waals surface area contributed by atoms with Gasteiger partial charge in [0.15, 0.2) is 0 Å². The van der Waals surface area contributed by atoms with Crippen LogP contribution in [0.2, 0.25) is 0 Å². The zero-order valence-electron chi connectivity index (χ0n) is 9.34. The number of aryl methyl sites for hydroxylation is 1. The van der Waals surface area contributed by atoms with Gasteiger partial charge in [-0.2, -0.15) is 0 Å². The summed E-state index contributed by atoms with van der Waals surface area (Å²) in [5.74, 6) is 1.52. The summed E-state index contributed by atoms with van der Waals surface area (Å²) in [6.45, 7) is 4.13. The van der Waals surface area contributed by atoms with Crippen molar-refractivity contribution in [3.05, 3.63) is 29.3 Å². The van der Waals surface area contributed by atoms with Crippen molar-refractivity contribution in [1.82, 2.24) is 10.9 Å². The summed E-state index contributed by atoms with van der Waals surface area (Å²) in [6.07, 6.45) is 1.07. The molecule has 15 heavy (non-hydrogen) atoms. The van der Waals surface area contributed by atoms with Crippen molar-refractivity contribution in [3.63, 3.8) is 0 Å². The van der Waals surface area contributed by atoms with Gasteiger partial charge in [-0.3, -0.25) is 10.9 Å². The Kier molecular flexibility index (Phi) is 3.23. The second-order valence-corrected chi connectivity index (χ2v) is 3.89. The molecule has 0 spiro atoms. The fraction of sp³-hybridized carbons (Fsp3) is 0.500. The molecule has 3 heteroatoms. The molecule has 1 aromatic carbocycles. The van der Waals surface area contributed by atoms with Crippen molar-refractivity contribution in [2.75, 3.05) is 20.2 Å². The minimum atomic E-state index is 0.520. The standard InChI is InChI=1S/C12H18N2O/c1-3-9-4-5-12(15-2)11(6-9)10-7-13-14-8-10/h4-6,10,13-14H,3,7-8H2,1-2H3. The Labute approximate surface area is 90.8 Å². The number of hydrogen-bond acceptors (Lipinski definition) is 3. The van der Waals surface area contributed by atoms with Crippen LogP contribution in [0.5, 0.6) is 5.75 Å². The molecule has 1 heterocycles. The number of ether oxygens (including phenoxy) is 1. The normalized spacial score (nSPS) is 16.9. The summed E-state index contributed by atoms with van der Waals surface area (Å²) in [5.41, 5.74) is 9.00. The first-order valence-corrected chi connectivity index (χ1v) is 5.47. The van der Waals surface area contributed by atoms with Crippen LogP contribution in [-0.4, -0.2) is 20.2 Å². The molecule has 0 saturated carbocycles. The van der Waals surface area contributed by atoms with Crippen LogP contribution in [0.15, 0.2) is 18.2 Å². The van der Waals surface area contributed by atoms with Gasteiger partial charge in [-0.1, -0.05) is 19.1 Å². The average Bonchev–Trinajstić information content (AvgIpc) is 2.81. The first-order chi connectivity index (χ1) is 7.35. The number of rotatable bonds is 3. The molecule has 0 aromatic heterocycles. The predicted octanol–water partition coefficient (Wildman–Crippen LogP) is 1.45. The van der Waals surface area contributed by atoms with Gasteiger partial charge in [0.05, 0.1) is 7.11 Å². The maximum absolute atomic E-state index is 5.40. The van der Waals surface area contributed by atoms with Gasteiger partial charge in [0, 0.05) is 24.6 Å². The van der Waals surface area contributed by atoms with Gasteiger partial charge in [-0.05, 0) is 18.1 Å². The topological polar surface area (TPSA) is 33.3 Å². The van der Waals surface area contributed by atoms with Crippen LogP contribution in [0.25, 0.3) is 0 Å². The number of benzene rings is 1. The second kappa shape index (κ2) is 4.64. The molecule has 1 saturated heterocycles. The van der Waals surface area contributed by atoms with Crippen LogP contribution >= 0.6 is 0 Å². The summed E-state index contributed by atoms with van der Waals surface area (Å²) in [4.78, 5) is 0. The average molecular weight is 206 g/mol. The highest BCUT2D eigenvalue weighted by molar-refractivity contribution is 5.40. The second-order valence-electron chi connectivity index (χ2n) is 3.89. The van der Waals surface area contributed by atoms with Gasteiger partial charge >= 0.3 is 0 Å². The zero-order valence-corrected chi connectivity index (χ0v) is 9.34. The van der Waals surface area contributed by atoms with Crippen molar-refractivity contribution in [3.8, 4) is 5.75 Å². The molecule has 0 aliphatic carbocycles. The zero-order chi connectivity index (χ0) is 10.7. The van der Waals surface area contributed by atoms with E-state index in [9.17, 15) is 0 Å². The van der Waals surface area contributed by atoms with E-state index < -0.39 is 0 Å². The molecule has 3 nitrogen and oxygen atoms in total. The van der Waals surface area contributed by atoms with E-state index in [0.717, 1.165) is 25.3 Å². The molecule has 1 aliphatic rings. The first-order valence-electron chi connectivity index (χ1n) is 5.47. The largest absolute Gasteiger partial charge is 0.496 e. The summed E-state index contributed by atoms with van der Waals surface area (Å²) >= 11 is 0. The Hall–Kier alpha value is -1.06. The van der Waals surface area contributed by atoms with E-state index in [-0.39, 0.29) is 0 Å². The van der Waals surface area contributed by atoms with Gasteiger partial charge in [-0.25, -0.2) is 0 Å². The van der Waals surface area contributed by atoms with E-state index in [1.54, 1.807) is 7.11 Å². The molecule has 1 aliphatic heterocycles. The highest BCUT2D eigenvalue weighted by Crippen LogP contribution is 2.28. The Morgan fingerprint density at radius 2 is 2.07 bits per heavy atom. The molecule has 0 unspecified atom stereocenters. The van der Waals surface area contributed by atoms with E-state index >= 15 is 0 Å². The van der Waals surface area contributed by atoms with E-state index in [4.69, 9.17) is 4.74 Å². The van der Waals surface area contributed by atoms with Crippen LogP contribution < -0.4 is 15.6 Å². The fourth-order valence-electron chi connectivity index (χ4n) is 2.01. The maximum atomic E-state index is 5.40. The fourth-order valence-corrected chi connectivity index (χ4v) is 2.01. The molecule has 0 bridgehead atoms. The summed E-state index contributed by atoms with van der Waals surface area (Å²) in [6, 6.07) is 6.48. The van der Waals surface area contributed by atoms with Crippen molar-refractivity contribution < 1.29 is 4.74 Å². The van der Waals surface area contributed by atoms with Crippen molar-refractivity contribution in [2.24, 2.45) is 0 Å². The van der Waals surface area contributed by atoms with Crippen LogP contribution in [0.1, 0.15) is 24.0 Å². The quantitative estimate of drug-likeness (QED) is 0.785. The highest BCUT2D eigenvalue weighted by atomic mass is 16.5. The lowest BCUT2D eigenvalue weighted by molar-refractivity contribution is 0.407. The van der Waals surface area contributed by atoms with E-state index in [2.05, 4.69) is 36.0 Å². The lowest BCUT2D eigenvalue weighted by atomic mass is 9.96. The molecule has 2 N–H and O–H groups in total. The van der Waals surface area contributed by atoms with Crippen molar-refractivity contribution in [2.45, 2.75) is 19.3 Å². The third-order valence-electron chi connectivity index (χ3n) is 2.96. The Bertz CT molecular complexity index is 332. The van der Waals surface area contributed by atoms with Crippen LogP contribution in [0.3, 0.4) is 0 Å². The highest BCUT2D eigenvalue weighted by Gasteiger charge is 2.20. The van der Waals surface area contributed by atoms with Crippen LogP contribution in [0.4, 0.5) is 0 Å². The van der Waals surface area contributed by atoms with Gasteiger partial charge in [0.1, 0.15) is 5.75 Å². The minimum absolute atomic E-state index is 0.520. The minimum Gasteiger partial charge on any atom is -0.496 e. The molecular weight excluding hydrogens is 188 g/mol. The number of nitrogens with one attached hydrogen (secondary N) is 2. The van der Waals surface area contributed by atoms with Crippen molar-refractivity contribution >= 4 is 0 Å². The molecule has 2 rings (SSSR count). The summed E-state index contributed by atoms with van der Waals surface area (Å²) < 4.78 is 5.40. The summed E-state index contributed by atoms with van der Waals surface area (Å²) in [7, 11) is 1.74. The lowest BCUT2D eigenvalue weighted by Crippen LogP contribution is -2.21. The monoisotopic (exact) mass is 206 g/mol. The maximum Gasteiger partial charge on any atom is 0.122 e. The molecule has 0 atom stereocenters. The smallest absolute Gasteiger partial charge is 0.122 e. The Balaban J connectivity index is 2.32. The Morgan fingerprint density at radius 1 is 1.33 bits per heavy atom. The molecule has 0 radical (unpaired) electrons. The molecule has 1 aromatic rings. The third kappa shape index (κ3) is 2.13.